The number of carbonyl (C=O) groups excluding carboxylic acids is 3. The minimum absolute atomic E-state index is 0.0557. The zero-order valence-electron chi connectivity index (χ0n) is 13.3. The lowest BCUT2D eigenvalue weighted by molar-refractivity contribution is -0.133. The first-order valence-electron chi connectivity index (χ1n) is 7.47. The van der Waals surface area contributed by atoms with E-state index in [1.165, 1.54) is 17.2 Å². The smallest absolute Gasteiger partial charge is 0.286 e. The number of carbonyl (C=O) groups is 3. The molecule has 0 bridgehead atoms. The maximum atomic E-state index is 12.0. The summed E-state index contributed by atoms with van der Waals surface area (Å²) >= 11 is 0. The van der Waals surface area contributed by atoms with Gasteiger partial charge in [-0.2, -0.15) is 0 Å². The molecule has 2 N–H and O–H groups in total. The van der Waals surface area contributed by atoms with Crippen molar-refractivity contribution < 1.29 is 18.8 Å². The number of furan rings is 1. The second-order valence-corrected chi connectivity index (χ2v) is 5.15. The lowest BCUT2D eigenvalue weighted by atomic mass is 10.3. The zero-order valence-corrected chi connectivity index (χ0v) is 13.3. The van der Waals surface area contributed by atoms with Gasteiger partial charge in [0.25, 0.3) is 5.91 Å². The summed E-state index contributed by atoms with van der Waals surface area (Å²) in [5.41, 5.74) is 0.675. The second kappa shape index (κ2) is 8.52. The topological polar surface area (TPSA) is 91.7 Å². The van der Waals surface area contributed by atoms with E-state index in [0.29, 0.717) is 5.69 Å². The van der Waals surface area contributed by atoms with Gasteiger partial charge in [-0.25, -0.2) is 0 Å². The molecule has 0 spiro atoms. The van der Waals surface area contributed by atoms with Gasteiger partial charge >= 0.3 is 0 Å². The Kier molecular flexibility index (Phi) is 6.13. The summed E-state index contributed by atoms with van der Waals surface area (Å²) in [6.45, 7) is 0.114. The van der Waals surface area contributed by atoms with Crippen LogP contribution in [0.1, 0.15) is 17.0 Å². The second-order valence-electron chi connectivity index (χ2n) is 5.15. The SMILES string of the molecule is CN(CC(=O)Nc1ccccc1)C(=O)CCNC(=O)c1ccco1. The van der Waals surface area contributed by atoms with Crippen LogP contribution in [0.5, 0.6) is 0 Å². The van der Waals surface area contributed by atoms with Gasteiger partial charge in [-0.15, -0.1) is 0 Å². The van der Waals surface area contributed by atoms with E-state index in [1.807, 2.05) is 18.2 Å². The highest BCUT2D eigenvalue weighted by Gasteiger charge is 2.14. The van der Waals surface area contributed by atoms with Gasteiger partial charge in [-0.3, -0.25) is 14.4 Å². The normalized spacial score (nSPS) is 10.0. The van der Waals surface area contributed by atoms with Crippen molar-refractivity contribution in [1.29, 1.82) is 0 Å². The Balaban J connectivity index is 1.70. The Morgan fingerprint density at radius 2 is 1.83 bits per heavy atom. The molecule has 0 aliphatic rings. The van der Waals surface area contributed by atoms with E-state index in [0.717, 1.165) is 0 Å². The fraction of sp³-hybridized carbons (Fsp3) is 0.235. The molecular weight excluding hydrogens is 310 g/mol. The van der Waals surface area contributed by atoms with Gasteiger partial charge in [-0.1, -0.05) is 18.2 Å². The molecular formula is C17H19N3O4. The summed E-state index contributed by atoms with van der Waals surface area (Å²) in [4.78, 5) is 36.8. The Labute approximate surface area is 139 Å². The van der Waals surface area contributed by atoms with Gasteiger partial charge in [-0.05, 0) is 24.3 Å². The van der Waals surface area contributed by atoms with Gasteiger partial charge in [0.2, 0.25) is 11.8 Å². The van der Waals surface area contributed by atoms with Crippen molar-refractivity contribution in [3.63, 3.8) is 0 Å². The van der Waals surface area contributed by atoms with Crippen LogP contribution in [0, 0.1) is 0 Å². The first kappa shape index (κ1) is 17.3. The highest BCUT2D eigenvalue weighted by atomic mass is 16.3. The Hall–Kier alpha value is -3.09. The maximum absolute atomic E-state index is 12.0. The van der Waals surface area contributed by atoms with Crippen LogP contribution < -0.4 is 10.6 Å². The number of para-hydroxylation sites is 1. The number of nitrogens with one attached hydrogen (secondary N) is 2. The molecule has 0 radical (unpaired) electrons. The van der Waals surface area contributed by atoms with E-state index < -0.39 is 0 Å². The number of amides is 3. The van der Waals surface area contributed by atoms with E-state index in [9.17, 15) is 14.4 Å². The number of anilines is 1. The third-order valence-corrected chi connectivity index (χ3v) is 3.23. The first-order valence-corrected chi connectivity index (χ1v) is 7.47. The Morgan fingerprint density at radius 3 is 2.50 bits per heavy atom. The molecule has 0 saturated carbocycles. The summed E-state index contributed by atoms with van der Waals surface area (Å²) in [5.74, 6) is -0.704. The van der Waals surface area contributed by atoms with E-state index >= 15 is 0 Å². The van der Waals surface area contributed by atoms with Crippen LogP contribution in [0.4, 0.5) is 5.69 Å². The first-order chi connectivity index (χ1) is 11.6. The van der Waals surface area contributed by atoms with Crippen LogP contribution in [0.2, 0.25) is 0 Å². The van der Waals surface area contributed by atoms with Gasteiger partial charge in [0.1, 0.15) is 0 Å². The lowest BCUT2D eigenvalue weighted by Gasteiger charge is -2.17. The van der Waals surface area contributed by atoms with Crippen molar-refractivity contribution in [2.24, 2.45) is 0 Å². The minimum atomic E-state index is -0.378. The summed E-state index contributed by atoms with van der Waals surface area (Å²) in [7, 11) is 1.54. The van der Waals surface area contributed by atoms with Gasteiger partial charge in [0, 0.05) is 25.7 Å². The molecule has 0 fully saturated rings. The number of benzene rings is 1. The van der Waals surface area contributed by atoms with Crippen molar-refractivity contribution in [1.82, 2.24) is 10.2 Å². The zero-order chi connectivity index (χ0) is 17.4. The fourth-order valence-corrected chi connectivity index (χ4v) is 1.99. The Morgan fingerprint density at radius 1 is 1.08 bits per heavy atom. The average molecular weight is 329 g/mol. The monoisotopic (exact) mass is 329 g/mol. The highest BCUT2D eigenvalue weighted by molar-refractivity contribution is 5.94. The average Bonchev–Trinajstić information content (AvgIpc) is 3.10. The highest BCUT2D eigenvalue weighted by Crippen LogP contribution is 2.05. The molecule has 0 atom stereocenters. The summed E-state index contributed by atoms with van der Waals surface area (Å²) in [6.07, 6.45) is 1.50. The van der Waals surface area contributed by atoms with Crippen molar-refractivity contribution in [2.75, 3.05) is 25.5 Å². The molecule has 2 aromatic rings. The van der Waals surface area contributed by atoms with Gasteiger partial charge in [0.05, 0.1) is 12.8 Å². The molecule has 0 aliphatic carbocycles. The molecule has 7 nitrogen and oxygen atoms in total. The van der Waals surface area contributed by atoms with Crippen LogP contribution in [0.25, 0.3) is 0 Å². The third kappa shape index (κ3) is 5.28. The van der Waals surface area contributed by atoms with Crippen molar-refractivity contribution in [3.8, 4) is 0 Å². The molecule has 0 aliphatic heterocycles. The molecule has 1 heterocycles. The molecule has 3 amide bonds. The molecule has 1 aromatic heterocycles. The van der Waals surface area contributed by atoms with Crippen LogP contribution in [0.15, 0.2) is 53.1 Å². The predicted molar refractivity (Wildman–Crippen MR) is 88.4 cm³/mol. The van der Waals surface area contributed by atoms with E-state index in [2.05, 4.69) is 10.6 Å². The van der Waals surface area contributed by atoms with Crippen LogP contribution >= 0.6 is 0 Å². The molecule has 0 unspecified atom stereocenters. The summed E-state index contributed by atoms with van der Waals surface area (Å²) < 4.78 is 4.95. The fourth-order valence-electron chi connectivity index (χ4n) is 1.99. The van der Waals surface area contributed by atoms with E-state index in [4.69, 9.17) is 4.42 Å². The van der Waals surface area contributed by atoms with Gasteiger partial charge in [0.15, 0.2) is 5.76 Å². The van der Waals surface area contributed by atoms with Crippen LogP contribution in [-0.4, -0.2) is 42.8 Å². The van der Waals surface area contributed by atoms with E-state index in [-0.39, 0.29) is 43.0 Å². The molecule has 126 valence electrons. The molecule has 7 heteroatoms. The number of hydrogen-bond acceptors (Lipinski definition) is 4. The van der Waals surface area contributed by atoms with Crippen LogP contribution in [-0.2, 0) is 9.59 Å². The largest absolute Gasteiger partial charge is 0.459 e. The Bertz CT molecular complexity index is 683. The number of nitrogens with zero attached hydrogens (tertiary/aromatic N) is 1. The summed E-state index contributed by atoms with van der Waals surface area (Å²) in [6, 6.07) is 12.2. The van der Waals surface area contributed by atoms with Gasteiger partial charge < -0.3 is 20.0 Å². The predicted octanol–water partition coefficient (Wildman–Crippen LogP) is 1.50. The number of likely N-dealkylation sites (N-methyl/N-ethyl adjacent to an activating group) is 1. The van der Waals surface area contributed by atoms with E-state index in [1.54, 1.807) is 25.2 Å². The molecule has 2 rings (SSSR count). The number of rotatable bonds is 7. The maximum Gasteiger partial charge on any atom is 0.286 e. The molecule has 0 saturated heterocycles. The quantitative estimate of drug-likeness (QED) is 0.805. The number of hydrogen-bond donors (Lipinski definition) is 2. The standard InChI is InChI=1S/C17H19N3O4/c1-20(12-15(21)19-13-6-3-2-4-7-13)16(22)9-10-18-17(23)14-8-5-11-24-14/h2-8,11H,9-10,12H2,1H3,(H,18,23)(H,19,21). The molecule has 1 aromatic carbocycles. The van der Waals surface area contributed by atoms with Crippen molar-refractivity contribution >= 4 is 23.4 Å². The third-order valence-electron chi connectivity index (χ3n) is 3.23. The van der Waals surface area contributed by atoms with Crippen molar-refractivity contribution in [3.05, 3.63) is 54.5 Å². The molecule has 24 heavy (non-hydrogen) atoms. The lowest BCUT2D eigenvalue weighted by Crippen LogP contribution is -2.37. The summed E-state index contributed by atoms with van der Waals surface area (Å²) in [5, 5.41) is 5.29. The minimum Gasteiger partial charge on any atom is -0.459 e. The van der Waals surface area contributed by atoms with Crippen molar-refractivity contribution in [2.45, 2.75) is 6.42 Å². The van der Waals surface area contributed by atoms with Crippen LogP contribution in [0.3, 0.4) is 0 Å².